The zero-order valence-electron chi connectivity index (χ0n) is 7.93. The molecule has 0 radical (unpaired) electrons. The molecular formula is C10H13NO3. The van der Waals surface area contributed by atoms with Crippen molar-refractivity contribution in [1.29, 1.82) is 0 Å². The number of phenolic OH excluding ortho intramolecular Hbond substituents is 1. The van der Waals surface area contributed by atoms with Gasteiger partial charge in [0, 0.05) is 0 Å². The molecule has 3 N–H and O–H groups in total. The van der Waals surface area contributed by atoms with Crippen LogP contribution in [-0.4, -0.2) is 17.1 Å². The zero-order chi connectivity index (χ0) is 10.6. The first kappa shape index (κ1) is 10.4. The smallest absolute Gasteiger partial charge is 0.221 e. The summed E-state index contributed by atoms with van der Waals surface area (Å²) in [5.41, 5.74) is 5.01. The fourth-order valence-corrected chi connectivity index (χ4v) is 1.08. The van der Waals surface area contributed by atoms with Crippen LogP contribution in [0, 0.1) is 0 Å². The van der Waals surface area contributed by atoms with Crippen LogP contribution in [0.4, 0.5) is 0 Å². The number of carbonyl (C=O) groups is 1. The Hall–Kier alpha value is -1.71. The van der Waals surface area contributed by atoms with Crippen molar-refractivity contribution in [1.82, 2.24) is 0 Å². The molecule has 0 bridgehead atoms. The molecule has 0 aliphatic heterocycles. The predicted molar refractivity (Wildman–Crippen MR) is 52.0 cm³/mol. The van der Waals surface area contributed by atoms with Crippen molar-refractivity contribution >= 4 is 5.91 Å². The monoisotopic (exact) mass is 195 g/mol. The van der Waals surface area contributed by atoms with Crippen LogP contribution in [0.5, 0.6) is 11.5 Å². The van der Waals surface area contributed by atoms with E-state index in [9.17, 15) is 4.79 Å². The minimum Gasteiger partial charge on any atom is -0.508 e. The molecule has 0 aliphatic carbocycles. The van der Waals surface area contributed by atoms with Gasteiger partial charge in [-0.3, -0.25) is 4.79 Å². The minimum absolute atomic E-state index is 0.180. The molecule has 0 aliphatic rings. The molecule has 1 aromatic rings. The first-order valence-corrected chi connectivity index (χ1v) is 4.32. The molecule has 1 amide bonds. The number of benzene rings is 1. The highest BCUT2D eigenvalue weighted by Gasteiger charge is 2.07. The summed E-state index contributed by atoms with van der Waals surface area (Å²) < 4.78 is 5.37. The second kappa shape index (κ2) is 4.50. The quantitative estimate of drug-likeness (QED) is 0.753. The number of ether oxygens (including phenoxy) is 1. The van der Waals surface area contributed by atoms with Crippen molar-refractivity contribution in [2.45, 2.75) is 19.4 Å². The summed E-state index contributed by atoms with van der Waals surface area (Å²) in [5.74, 6) is 0.396. The number of aromatic hydroxyl groups is 1. The average molecular weight is 195 g/mol. The normalized spacial score (nSPS) is 12.1. The summed E-state index contributed by atoms with van der Waals surface area (Å²) >= 11 is 0. The number of primary amides is 1. The van der Waals surface area contributed by atoms with Gasteiger partial charge in [-0.15, -0.1) is 0 Å². The molecule has 0 spiro atoms. The molecule has 1 rings (SSSR count). The van der Waals surface area contributed by atoms with Crippen LogP contribution in [-0.2, 0) is 4.79 Å². The fourth-order valence-electron chi connectivity index (χ4n) is 1.08. The Bertz CT molecular complexity index is 308. The van der Waals surface area contributed by atoms with Crippen molar-refractivity contribution < 1.29 is 14.6 Å². The lowest BCUT2D eigenvalue weighted by molar-refractivity contribution is -0.119. The average Bonchev–Trinajstić information content (AvgIpc) is 2.07. The summed E-state index contributed by atoms with van der Waals surface area (Å²) in [4.78, 5) is 10.6. The Morgan fingerprint density at radius 3 is 2.57 bits per heavy atom. The summed E-state index contributed by atoms with van der Waals surface area (Å²) in [7, 11) is 0. The van der Waals surface area contributed by atoms with Crippen LogP contribution in [0.3, 0.4) is 0 Å². The van der Waals surface area contributed by atoms with E-state index in [2.05, 4.69) is 0 Å². The van der Waals surface area contributed by atoms with Gasteiger partial charge >= 0.3 is 0 Å². The van der Waals surface area contributed by atoms with Gasteiger partial charge in [0.1, 0.15) is 17.6 Å². The highest BCUT2D eigenvalue weighted by Crippen LogP contribution is 2.17. The third-order valence-corrected chi connectivity index (χ3v) is 1.66. The topological polar surface area (TPSA) is 72.6 Å². The lowest BCUT2D eigenvalue weighted by Gasteiger charge is -2.12. The van der Waals surface area contributed by atoms with E-state index < -0.39 is 5.91 Å². The van der Waals surface area contributed by atoms with Gasteiger partial charge in [0.05, 0.1) is 6.42 Å². The number of hydrogen-bond acceptors (Lipinski definition) is 3. The van der Waals surface area contributed by atoms with Crippen molar-refractivity contribution in [3.63, 3.8) is 0 Å². The molecule has 0 saturated heterocycles. The van der Waals surface area contributed by atoms with E-state index in [1.54, 1.807) is 19.1 Å². The molecule has 1 unspecified atom stereocenters. The molecule has 0 aromatic heterocycles. The van der Waals surface area contributed by atoms with Gasteiger partial charge in [0.25, 0.3) is 0 Å². The second-order valence-corrected chi connectivity index (χ2v) is 3.09. The van der Waals surface area contributed by atoms with Gasteiger partial charge in [0.2, 0.25) is 5.91 Å². The number of nitrogens with two attached hydrogens (primary N) is 1. The molecule has 76 valence electrons. The second-order valence-electron chi connectivity index (χ2n) is 3.09. The molecule has 0 saturated carbocycles. The van der Waals surface area contributed by atoms with E-state index in [1.807, 2.05) is 0 Å². The summed E-state index contributed by atoms with van der Waals surface area (Å²) in [6.45, 7) is 1.76. The third-order valence-electron chi connectivity index (χ3n) is 1.66. The molecular weight excluding hydrogens is 182 g/mol. The third kappa shape index (κ3) is 3.35. The molecule has 0 heterocycles. The van der Waals surface area contributed by atoms with Crippen LogP contribution in [0.15, 0.2) is 24.3 Å². The Balaban J connectivity index is 2.51. The van der Waals surface area contributed by atoms with Crippen molar-refractivity contribution in [3.05, 3.63) is 24.3 Å². The van der Waals surface area contributed by atoms with Crippen LogP contribution < -0.4 is 10.5 Å². The highest BCUT2D eigenvalue weighted by molar-refractivity contribution is 5.74. The summed E-state index contributed by atoms with van der Waals surface area (Å²) in [6, 6.07) is 6.30. The maximum Gasteiger partial charge on any atom is 0.221 e. The SMILES string of the molecule is CC(CC(N)=O)Oc1ccc(O)cc1. The molecule has 14 heavy (non-hydrogen) atoms. The number of rotatable bonds is 4. The van der Waals surface area contributed by atoms with E-state index in [0.717, 1.165) is 0 Å². The Morgan fingerprint density at radius 2 is 2.07 bits per heavy atom. The maximum absolute atomic E-state index is 10.6. The molecule has 1 aromatic carbocycles. The van der Waals surface area contributed by atoms with Gasteiger partial charge in [-0.1, -0.05) is 0 Å². The van der Waals surface area contributed by atoms with Gasteiger partial charge in [0.15, 0.2) is 0 Å². The van der Waals surface area contributed by atoms with Gasteiger partial charge < -0.3 is 15.6 Å². The van der Waals surface area contributed by atoms with Crippen molar-refractivity contribution in [2.75, 3.05) is 0 Å². The fraction of sp³-hybridized carbons (Fsp3) is 0.300. The van der Waals surface area contributed by atoms with Gasteiger partial charge in [-0.2, -0.15) is 0 Å². The van der Waals surface area contributed by atoms with Crippen LogP contribution in [0.2, 0.25) is 0 Å². The first-order chi connectivity index (χ1) is 6.58. The lowest BCUT2D eigenvalue weighted by Crippen LogP contribution is -2.22. The Morgan fingerprint density at radius 1 is 1.50 bits per heavy atom. The Kier molecular flexibility index (Phi) is 3.34. The maximum atomic E-state index is 10.6. The zero-order valence-corrected chi connectivity index (χ0v) is 7.93. The first-order valence-electron chi connectivity index (χ1n) is 4.32. The van der Waals surface area contributed by atoms with Gasteiger partial charge in [-0.05, 0) is 31.2 Å². The van der Waals surface area contributed by atoms with Crippen molar-refractivity contribution in [2.24, 2.45) is 5.73 Å². The van der Waals surface area contributed by atoms with Crippen LogP contribution >= 0.6 is 0 Å². The van der Waals surface area contributed by atoms with Gasteiger partial charge in [-0.25, -0.2) is 0 Å². The van der Waals surface area contributed by atoms with Crippen molar-refractivity contribution in [3.8, 4) is 11.5 Å². The number of hydrogen-bond donors (Lipinski definition) is 2. The van der Waals surface area contributed by atoms with E-state index in [0.29, 0.717) is 5.75 Å². The van der Waals surface area contributed by atoms with E-state index in [1.165, 1.54) is 12.1 Å². The lowest BCUT2D eigenvalue weighted by atomic mass is 10.2. The number of amides is 1. The molecule has 4 nitrogen and oxygen atoms in total. The van der Waals surface area contributed by atoms with E-state index in [-0.39, 0.29) is 18.3 Å². The van der Waals surface area contributed by atoms with E-state index >= 15 is 0 Å². The number of carbonyl (C=O) groups excluding carboxylic acids is 1. The van der Waals surface area contributed by atoms with E-state index in [4.69, 9.17) is 15.6 Å². The summed E-state index contributed by atoms with van der Waals surface area (Å²) in [5, 5.41) is 9.01. The van der Waals surface area contributed by atoms with Crippen LogP contribution in [0.1, 0.15) is 13.3 Å². The molecule has 1 atom stereocenters. The molecule has 0 fully saturated rings. The van der Waals surface area contributed by atoms with Crippen LogP contribution in [0.25, 0.3) is 0 Å². The molecule has 4 heteroatoms. The highest BCUT2D eigenvalue weighted by atomic mass is 16.5. The minimum atomic E-state index is -0.392. The standard InChI is InChI=1S/C10H13NO3/c1-7(6-10(11)13)14-9-4-2-8(12)3-5-9/h2-5,7,12H,6H2,1H3,(H2,11,13). The number of phenols is 1. The summed E-state index contributed by atoms with van der Waals surface area (Å²) in [6.07, 6.45) is -0.0713. The predicted octanol–water partition coefficient (Wildman–Crippen LogP) is 1.03. The Labute approximate surface area is 82.3 Å². The largest absolute Gasteiger partial charge is 0.508 e.